The lowest BCUT2D eigenvalue weighted by Gasteiger charge is -2.09. The molecule has 0 aliphatic heterocycles. The minimum atomic E-state index is -4.41. The third-order valence-corrected chi connectivity index (χ3v) is 3.18. The van der Waals surface area contributed by atoms with E-state index in [-0.39, 0.29) is 10.6 Å². The Morgan fingerprint density at radius 3 is 2.55 bits per heavy atom. The maximum Gasteiger partial charge on any atom is 0.416 e. The predicted molar refractivity (Wildman–Crippen MR) is 71.5 cm³/mol. The van der Waals surface area contributed by atoms with Crippen molar-refractivity contribution in [3.05, 3.63) is 46.7 Å². The van der Waals surface area contributed by atoms with E-state index in [2.05, 4.69) is 0 Å². The van der Waals surface area contributed by atoms with Crippen LogP contribution < -0.4 is 5.73 Å². The van der Waals surface area contributed by atoms with Crippen LogP contribution >= 0.6 is 11.6 Å². The van der Waals surface area contributed by atoms with Crippen LogP contribution in [-0.2, 0) is 12.6 Å². The molecule has 2 N–H and O–H groups in total. The van der Waals surface area contributed by atoms with Gasteiger partial charge in [-0.15, -0.1) is 0 Å². The summed E-state index contributed by atoms with van der Waals surface area (Å²) in [5, 5.41) is 0.220. The summed E-state index contributed by atoms with van der Waals surface area (Å²) in [7, 11) is 0. The Morgan fingerprint density at radius 1 is 1.15 bits per heavy atom. The molecule has 6 heteroatoms. The molecular formula is C14H13ClF3NO. The Balaban J connectivity index is 2.34. The highest BCUT2D eigenvalue weighted by Gasteiger charge is 2.31. The van der Waals surface area contributed by atoms with E-state index in [0.29, 0.717) is 24.5 Å². The van der Waals surface area contributed by atoms with Crippen molar-refractivity contribution < 1.29 is 17.6 Å². The van der Waals surface area contributed by atoms with E-state index in [1.165, 1.54) is 6.07 Å². The van der Waals surface area contributed by atoms with Gasteiger partial charge in [0.25, 0.3) is 0 Å². The number of benzene rings is 1. The lowest BCUT2D eigenvalue weighted by atomic mass is 10.1. The first kappa shape index (κ1) is 14.9. The SMILES string of the molecule is NCCCc1ccc(-c2cc(C(F)(F)F)ccc2Cl)o1. The zero-order valence-electron chi connectivity index (χ0n) is 10.5. The van der Waals surface area contributed by atoms with Crippen LogP contribution in [0.15, 0.2) is 34.7 Å². The summed E-state index contributed by atoms with van der Waals surface area (Å²) in [6.07, 6.45) is -3.01. The molecule has 108 valence electrons. The summed E-state index contributed by atoms with van der Waals surface area (Å²) < 4.78 is 43.6. The van der Waals surface area contributed by atoms with Gasteiger partial charge in [0, 0.05) is 12.0 Å². The number of nitrogens with two attached hydrogens (primary N) is 1. The van der Waals surface area contributed by atoms with E-state index in [1.807, 2.05) is 0 Å². The van der Waals surface area contributed by atoms with Crippen LogP contribution in [-0.4, -0.2) is 6.54 Å². The van der Waals surface area contributed by atoms with Gasteiger partial charge in [-0.1, -0.05) is 11.6 Å². The van der Waals surface area contributed by atoms with Gasteiger partial charge in [0.05, 0.1) is 10.6 Å². The van der Waals surface area contributed by atoms with Gasteiger partial charge in [-0.2, -0.15) is 13.2 Å². The van der Waals surface area contributed by atoms with Crippen molar-refractivity contribution in [2.45, 2.75) is 19.0 Å². The molecule has 1 aromatic carbocycles. The first-order valence-corrected chi connectivity index (χ1v) is 6.45. The Bertz CT molecular complexity index is 592. The number of alkyl halides is 3. The molecule has 0 radical (unpaired) electrons. The van der Waals surface area contributed by atoms with Crippen molar-refractivity contribution in [3.63, 3.8) is 0 Å². The second-order valence-electron chi connectivity index (χ2n) is 4.35. The van der Waals surface area contributed by atoms with Crippen LogP contribution in [0.2, 0.25) is 5.02 Å². The number of aryl methyl sites for hydroxylation is 1. The van der Waals surface area contributed by atoms with E-state index >= 15 is 0 Å². The molecule has 0 aliphatic carbocycles. The van der Waals surface area contributed by atoms with Crippen LogP contribution in [0.1, 0.15) is 17.7 Å². The van der Waals surface area contributed by atoms with Crippen molar-refractivity contribution in [3.8, 4) is 11.3 Å². The second kappa shape index (κ2) is 5.89. The zero-order valence-corrected chi connectivity index (χ0v) is 11.3. The number of halogens is 4. The minimum absolute atomic E-state index is 0.220. The predicted octanol–water partition coefficient (Wildman–Crippen LogP) is 4.51. The fraction of sp³-hybridized carbons (Fsp3) is 0.286. The molecule has 0 fully saturated rings. The minimum Gasteiger partial charge on any atom is -0.461 e. The van der Waals surface area contributed by atoms with Gasteiger partial charge in [-0.05, 0) is 43.3 Å². The first-order chi connectivity index (χ1) is 9.41. The van der Waals surface area contributed by atoms with Gasteiger partial charge in [0.1, 0.15) is 11.5 Å². The standard InChI is InChI=1S/C14H13ClF3NO/c15-12-5-3-9(14(16,17)18)8-11(12)13-6-4-10(20-13)2-1-7-19/h3-6,8H,1-2,7,19H2. The Morgan fingerprint density at radius 2 is 1.90 bits per heavy atom. The Labute approximate surface area is 119 Å². The highest BCUT2D eigenvalue weighted by Crippen LogP contribution is 2.36. The van der Waals surface area contributed by atoms with Crippen molar-refractivity contribution in [2.24, 2.45) is 5.73 Å². The molecule has 1 heterocycles. The van der Waals surface area contributed by atoms with Crippen LogP contribution in [0.4, 0.5) is 13.2 Å². The zero-order chi connectivity index (χ0) is 14.8. The number of rotatable bonds is 4. The molecule has 1 aromatic heterocycles. The molecule has 2 rings (SSSR count). The van der Waals surface area contributed by atoms with Crippen LogP contribution in [0.3, 0.4) is 0 Å². The normalized spacial score (nSPS) is 11.8. The van der Waals surface area contributed by atoms with Gasteiger partial charge in [0.15, 0.2) is 0 Å². The molecule has 2 nitrogen and oxygen atoms in total. The molecule has 0 bridgehead atoms. The Hall–Kier alpha value is -1.46. The fourth-order valence-corrected chi connectivity index (χ4v) is 2.03. The maximum atomic E-state index is 12.7. The topological polar surface area (TPSA) is 39.2 Å². The van der Waals surface area contributed by atoms with Crippen LogP contribution in [0.25, 0.3) is 11.3 Å². The van der Waals surface area contributed by atoms with Gasteiger partial charge in [-0.25, -0.2) is 0 Å². The van der Waals surface area contributed by atoms with E-state index < -0.39 is 11.7 Å². The van der Waals surface area contributed by atoms with Gasteiger partial charge in [0.2, 0.25) is 0 Å². The van der Waals surface area contributed by atoms with Crippen molar-refractivity contribution >= 4 is 11.6 Å². The fourth-order valence-electron chi connectivity index (χ4n) is 1.82. The molecule has 0 unspecified atom stereocenters. The molecule has 0 amide bonds. The molecule has 0 saturated carbocycles. The molecule has 0 saturated heterocycles. The van der Waals surface area contributed by atoms with E-state index in [4.69, 9.17) is 21.8 Å². The Kier molecular flexibility index (Phi) is 4.40. The maximum absolute atomic E-state index is 12.7. The van der Waals surface area contributed by atoms with Gasteiger partial charge in [-0.3, -0.25) is 0 Å². The van der Waals surface area contributed by atoms with E-state index in [1.54, 1.807) is 12.1 Å². The van der Waals surface area contributed by atoms with E-state index in [9.17, 15) is 13.2 Å². The van der Waals surface area contributed by atoms with Gasteiger partial charge < -0.3 is 10.2 Å². The number of hydrogen-bond acceptors (Lipinski definition) is 2. The highest BCUT2D eigenvalue weighted by molar-refractivity contribution is 6.33. The average molecular weight is 304 g/mol. The van der Waals surface area contributed by atoms with Crippen molar-refractivity contribution in [1.82, 2.24) is 0 Å². The van der Waals surface area contributed by atoms with Crippen molar-refractivity contribution in [2.75, 3.05) is 6.54 Å². The number of hydrogen-bond donors (Lipinski definition) is 1. The summed E-state index contributed by atoms with van der Waals surface area (Å²) in [5.41, 5.74) is 4.88. The van der Waals surface area contributed by atoms with Crippen LogP contribution in [0, 0.1) is 0 Å². The third-order valence-electron chi connectivity index (χ3n) is 2.85. The van der Waals surface area contributed by atoms with Crippen molar-refractivity contribution in [1.29, 1.82) is 0 Å². The van der Waals surface area contributed by atoms with Crippen LogP contribution in [0.5, 0.6) is 0 Å². The molecular weight excluding hydrogens is 291 g/mol. The third kappa shape index (κ3) is 3.35. The molecule has 2 aromatic rings. The van der Waals surface area contributed by atoms with E-state index in [0.717, 1.165) is 18.6 Å². The summed E-state index contributed by atoms with van der Waals surface area (Å²) >= 11 is 5.95. The lowest BCUT2D eigenvalue weighted by Crippen LogP contribution is -2.04. The highest BCUT2D eigenvalue weighted by atomic mass is 35.5. The quantitative estimate of drug-likeness (QED) is 0.902. The van der Waals surface area contributed by atoms with Gasteiger partial charge >= 0.3 is 6.18 Å². The molecule has 0 atom stereocenters. The first-order valence-electron chi connectivity index (χ1n) is 6.07. The lowest BCUT2D eigenvalue weighted by molar-refractivity contribution is -0.137. The monoisotopic (exact) mass is 303 g/mol. The number of furan rings is 1. The smallest absolute Gasteiger partial charge is 0.416 e. The largest absolute Gasteiger partial charge is 0.461 e. The summed E-state index contributed by atoms with van der Waals surface area (Å²) in [6, 6.07) is 6.51. The molecule has 20 heavy (non-hydrogen) atoms. The summed E-state index contributed by atoms with van der Waals surface area (Å²) in [4.78, 5) is 0. The average Bonchev–Trinajstić information content (AvgIpc) is 2.84. The summed E-state index contributed by atoms with van der Waals surface area (Å²) in [6.45, 7) is 0.528. The molecule has 0 aliphatic rings. The second-order valence-corrected chi connectivity index (χ2v) is 4.76. The summed E-state index contributed by atoms with van der Waals surface area (Å²) in [5.74, 6) is 1.01. The molecule has 0 spiro atoms.